The highest BCUT2D eigenvalue weighted by Crippen LogP contribution is 2.28. The lowest BCUT2D eigenvalue weighted by atomic mass is 10.0. The number of pyridine rings is 1. The molecule has 1 aromatic rings. The van der Waals surface area contributed by atoms with Crippen LogP contribution in [0.15, 0.2) is 6.20 Å². The van der Waals surface area contributed by atoms with E-state index < -0.39 is 12.7 Å². The van der Waals surface area contributed by atoms with Gasteiger partial charge in [-0.3, -0.25) is 4.98 Å². The van der Waals surface area contributed by atoms with Crippen LogP contribution in [0.2, 0.25) is 0 Å². The van der Waals surface area contributed by atoms with Crippen molar-refractivity contribution in [2.45, 2.75) is 19.6 Å². The van der Waals surface area contributed by atoms with E-state index in [2.05, 4.69) is 4.98 Å². The summed E-state index contributed by atoms with van der Waals surface area (Å²) in [6, 6.07) is -0.918. The molecule has 4 N–H and O–H groups in total. The highest BCUT2D eigenvalue weighted by Gasteiger charge is 2.17. The lowest BCUT2D eigenvalue weighted by Gasteiger charge is -2.14. The summed E-state index contributed by atoms with van der Waals surface area (Å²) in [6.07, 6.45) is 1.39. The van der Waals surface area contributed by atoms with Gasteiger partial charge < -0.3 is 15.9 Å². The number of aromatic hydroxyl groups is 1. The quantitative estimate of drug-likeness (QED) is 0.731. The van der Waals surface area contributed by atoms with Crippen molar-refractivity contribution in [2.24, 2.45) is 5.73 Å². The van der Waals surface area contributed by atoms with Crippen LogP contribution in [-0.4, -0.2) is 21.9 Å². The number of rotatable bonds is 3. The van der Waals surface area contributed by atoms with Crippen LogP contribution in [-0.2, 0) is 6.61 Å². The first kappa shape index (κ1) is 14.1. The van der Waals surface area contributed by atoms with Crippen molar-refractivity contribution in [1.29, 1.82) is 0 Å². The van der Waals surface area contributed by atoms with Crippen molar-refractivity contribution in [3.8, 4) is 5.75 Å². The summed E-state index contributed by atoms with van der Waals surface area (Å²) >= 11 is 0. The zero-order valence-corrected chi connectivity index (χ0v) is 9.09. The Morgan fingerprint density at radius 2 is 2.20 bits per heavy atom. The van der Waals surface area contributed by atoms with Gasteiger partial charge in [0.05, 0.1) is 18.3 Å². The molecule has 0 amide bonds. The van der Waals surface area contributed by atoms with Gasteiger partial charge in [0.25, 0.3) is 0 Å². The van der Waals surface area contributed by atoms with Gasteiger partial charge in [-0.05, 0) is 6.92 Å². The number of aliphatic hydroxyl groups is 1. The first-order chi connectivity index (χ1) is 6.61. The molecule has 0 radical (unpaired) electrons. The molecular weight excluding hydrogens is 223 g/mol. The molecule has 0 aliphatic rings. The zero-order chi connectivity index (χ0) is 10.7. The van der Waals surface area contributed by atoms with Crippen LogP contribution in [0.1, 0.15) is 22.9 Å². The molecule has 4 nitrogen and oxygen atoms in total. The highest BCUT2D eigenvalue weighted by atomic mass is 35.5. The molecule has 0 spiro atoms. The van der Waals surface area contributed by atoms with Crippen LogP contribution in [0.25, 0.3) is 0 Å². The fourth-order valence-corrected chi connectivity index (χ4v) is 1.27. The second kappa shape index (κ2) is 5.85. The largest absolute Gasteiger partial charge is 0.506 e. The van der Waals surface area contributed by atoms with E-state index in [0.29, 0.717) is 11.3 Å². The third-order valence-corrected chi connectivity index (χ3v) is 2.07. The van der Waals surface area contributed by atoms with E-state index in [1.165, 1.54) is 6.20 Å². The second-order valence-corrected chi connectivity index (χ2v) is 3.05. The van der Waals surface area contributed by atoms with Crippen LogP contribution in [0.5, 0.6) is 5.75 Å². The topological polar surface area (TPSA) is 79.4 Å². The lowest BCUT2D eigenvalue weighted by Crippen LogP contribution is -2.15. The summed E-state index contributed by atoms with van der Waals surface area (Å²) in [7, 11) is 0. The van der Waals surface area contributed by atoms with Crippen molar-refractivity contribution in [3.05, 3.63) is 23.0 Å². The smallest absolute Gasteiger partial charge is 0.141 e. The highest BCUT2D eigenvalue weighted by molar-refractivity contribution is 5.85. The predicted octanol–water partition coefficient (Wildman–Crippen LogP) is 0.979. The molecule has 86 valence electrons. The molecule has 1 aromatic heterocycles. The average molecular weight is 237 g/mol. The maximum absolute atomic E-state index is 12.4. The minimum atomic E-state index is -0.918. The lowest BCUT2D eigenvalue weighted by molar-refractivity contribution is 0.276. The van der Waals surface area contributed by atoms with E-state index in [-0.39, 0.29) is 30.3 Å². The van der Waals surface area contributed by atoms with E-state index in [0.717, 1.165) is 0 Å². The Balaban J connectivity index is 0.00000196. The minimum absolute atomic E-state index is 0. The van der Waals surface area contributed by atoms with Gasteiger partial charge in [-0.25, -0.2) is 4.39 Å². The van der Waals surface area contributed by atoms with Gasteiger partial charge in [0.15, 0.2) is 0 Å². The summed E-state index contributed by atoms with van der Waals surface area (Å²) in [5.74, 6) is -0.137. The third kappa shape index (κ3) is 2.77. The molecule has 6 heteroatoms. The molecule has 0 aliphatic heterocycles. The predicted molar refractivity (Wildman–Crippen MR) is 56.7 cm³/mol. The molecule has 0 saturated carbocycles. The van der Waals surface area contributed by atoms with E-state index >= 15 is 0 Å². The van der Waals surface area contributed by atoms with E-state index in [1.54, 1.807) is 6.92 Å². The average Bonchev–Trinajstić information content (AvgIpc) is 2.20. The fraction of sp³-hybridized carbons (Fsp3) is 0.444. The number of alkyl halides is 1. The summed E-state index contributed by atoms with van der Waals surface area (Å²) < 4.78 is 12.4. The molecular formula is C9H14ClFN2O2. The second-order valence-electron chi connectivity index (χ2n) is 3.05. The molecule has 0 unspecified atom stereocenters. The van der Waals surface area contributed by atoms with Crippen molar-refractivity contribution < 1.29 is 14.6 Å². The third-order valence-electron chi connectivity index (χ3n) is 2.07. The first-order valence-electron chi connectivity index (χ1n) is 4.21. The van der Waals surface area contributed by atoms with E-state index in [9.17, 15) is 9.50 Å². The van der Waals surface area contributed by atoms with Gasteiger partial charge in [-0.2, -0.15) is 0 Å². The van der Waals surface area contributed by atoms with Crippen LogP contribution in [0.4, 0.5) is 4.39 Å². The molecule has 1 rings (SSSR count). The standard InChI is InChI=1S/C9H13FN2O2.ClH/c1-5-9(14)8(7(11)2-10)6(4-13)3-12-5;/h3,7,13-14H,2,4,11H2,1H3;1H/t7-;/m0./s1. The molecule has 0 aromatic carbocycles. The number of halogens is 2. The van der Waals surface area contributed by atoms with E-state index in [4.69, 9.17) is 10.8 Å². The number of hydrogen-bond acceptors (Lipinski definition) is 4. The van der Waals surface area contributed by atoms with Crippen LogP contribution < -0.4 is 5.73 Å². The zero-order valence-electron chi connectivity index (χ0n) is 8.27. The molecule has 0 saturated heterocycles. The first-order valence-corrected chi connectivity index (χ1v) is 4.21. The number of aromatic nitrogens is 1. The van der Waals surface area contributed by atoms with Gasteiger partial charge in [-0.1, -0.05) is 0 Å². The SMILES string of the molecule is Cc1ncc(CO)c([C@@H](N)CF)c1O.Cl. The van der Waals surface area contributed by atoms with Crippen LogP contribution in [0.3, 0.4) is 0 Å². The number of aryl methyl sites for hydroxylation is 1. The van der Waals surface area contributed by atoms with E-state index in [1.807, 2.05) is 0 Å². The Bertz CT molecular complexity index is 336. The number of nitrogens with zero attached hydrogens (tertiary/aromatic N) is 1. The fourth-order valence-electron chi connectivity index (χ4n) is 1.27. The summed E-state index contributed by atoms with van der Waals surface area (Å²) in [5.41, 5.74) is 6.44. The Hall–Kier alpha value is -0.910. The van der Waals surface area contributed by atoms with Gasteiger partial charge in [-0.15, -0.1) is 12.4 Å². The van der Waals surface area contributed by atoms with Gasteiger partial charge in [0.2, 0.25) is 0 Å². The monoisotopic (exact) mass is 236 g/mol. The molecule has 0 bridgehead atoms. The van der Waals surface area contributed by atoms with Crippen LogP contribution >= 0.6 is 12.4 Å². The van der Waals surface area contributed by atoms with Crippen molar-refractivity contribution in [3.63, 3.8) is 0 Å². The van der Waals surface area contributed by atoms with Gasteiger partial charge in [0.1, 0.15) is 12.4 Å². The Morgan fingerprint density at radius 3 is 2.67 bits per heavy atom. The molecule has 15 heavy (non-hydrogen) atoms. The maximum Gasteiger partial charge on any atom is 0.141 e. The normalized spacial score (nSPS) is 12.0. The Kier molecular flexibility index (Phi) is 5.49. The maximum atomic E-state index is 12.4. The van der Waals surface area contributed by atoms with Crippen molar-refractivity contribution in [2.75, 3.05) is 6.67 Å². The molecule has 0 fully saturated rings. The Morgan fingerprint density at radius 1 is 1.60 bits per heavy atom. The van der Waals surface area contributed by atoms with Crippen molar-refractivity contribution in [1.82, 2.24) is 4.98 Å². The minimum Gasteiger partial charge on any atom is -0.506 e. The van der Waals surface area contributed by atoms with Crippen LogP contribution in [0, 0.1) is 6.92 Å². The molecule has 1 heterocycles. The summed E-state index contributed by atoms with van der Waals surface area (Å²) in [5, 5.41) is 18.5. The number of aliphatic hydroxyl groups excluding tert-OH is 1. The van der Waals surface area contributed by atoms with Gasteiger partial charge >= 0.3 is 0 Å². The van der Waals surface area contributed by atoms with Crippen molar-refractivity contribution >= 4 is 12.4 Å². The molecule has 0 aliphatic carbocycles. The number of hydrogen-bond donors (Lipinski definition) is 3. The molecule has 1 atom stereocenters. The summed E-state index contributed by atoms with van der Waals surface area (Å²) in [6.45, 7) is 0.485. The number of nitrogens with two attached hydrogens (primary N) is 1. The Labute approximate surface area is 93.4 Å². The summed E-state index contributed by atoms with van der Waals surface area (Å²) in [4.78, 5) is 3.84. The van der Waals surface area contributed by atoms with Gasteiger partial charge in [0, 0.05) is 17.3 Å².